The summed E-state index contributed by atoms with van der Waals surface area (Å²) in [6, 6.07) is 11.1. The molecule has 1 nitrogen and oxygen atoms in total. The standard InChI is InChI=1S/C16H16F3N/c1-11-3-2-4-15(14(11)9-10-20)12-5-7-13(8-6-12)16(17,18)19/h2-8H,9-10,20H2,1H3. The summed E-state index contributed by atoms with van der Waals surface area (Å²) in [7, 11) is 0. The molecule has 0 unspecified atom stereocenters. The molecule has 0 fully saturated rings. The molecule has 0 aliphatic carbocycles. The zero-order valence-electron chi connectivity index (χ0n) is 11.2. The van der Waals surface area contributed by atoms with Gasteiger partial charge in [-0.3, -0.25) is 0 Å². The molecule has 0 amide bonds. The minimum atomic E-state index is -4.30. The highest BCUT2D eigenvalue weighted by Gasteiger charge is 2.30. The van der Waals surface area contributed by atoms with Gasteiger partial charge in [-0.1, -0.05) is 30.3 Å². The summed E-state index contributed by atoms with van der Waals surface area (Å²) in [4.78, 5) is 0. The maximum Gasteiger partial charge on any atom is 0.416 e. The van der Waals surface area contributed by atoms with Gasteiger partial charge < -0.3 is 5.73 Å². The zero-order chi connectivity index (χ0) is 14.8. The van der Waals surface area contributed by atoms with Crippen LogP contribution in [0.4, 0.5) is 13.2 Å². The number of hydrogen-bond donors (Lipinski definition) is 1. The number of hydrogen-bond acceptors (Lipinski definition) is 1. The number of aryl methyl sites for hydroxylation is 1. The summed E-state index contributed by atoms with van der Waals surface area (Å²) in [5, 5.41) is 0. The van der Waals surface area contributed by atoms with Gasteiger partial charge in [0.1, 0.15) is 0 Å². The van der Waals surface area contributed by atoms with Crippen LogP contribution in [0.15, 0.2) is 42.5 Å². The molecule has 0 saturated heterocycles. The minimum Gasteiger partial charge on any atom is -0.330 e. The lowest BCUT2D eigenvalue weighted by Gasteiger charge is -2.13. The van der Waals surface area contributed by atoms with Crippen molar-refractivity contribution in [1.29, 1.82) is 0 Å². The molecular weight excluding hydrogens is 263 g/mol. The SMILES string of the molecule is Cc1cccc(-c2ccc(C(F)(F)F)cc2)c1CCN. The second kappa shape index (κ2) is 5.67. The molecule has 0 aromatic heterocycles. The minimum absolute atomic E-state index is 0.512. The highest BCUT2D eigenvalue weighted by molar-refractivity contribution is 5.69. The summed E-state index contributed by atoms with van der Waals surface area (Å²) in [5.41, 5.74) is 8.91. The Morgan fingerprint density at radius 2 is 1.65 bits per heavy atom. The van der Waals surface area contributed by atoms with E-state index in [1.165, 1.54) is 12.1 Å². The van der Waals surface area contributed by atoms with Crippen molar-refractivity contribution in [3.63, 3.8) is 0 Å². The van der Waals surface area contributed by atoms with Crippen molar-refractivity contribution in [3.8, 4) is 11.1 Å². The topological polar surface area (TPSA) is 26.0 Å². The fourth-order valence-corrected chi connectivity index (χ4v) is 2.29. The first-order chi connectivity index (χ1) is 9.43. The fourth-order valence-electron chi connectivity index (χ4n) is 2.29. The van der Waals surface area contributed by atoms with Crippen molar-refractivity contribution in [2.24, 2.45) is 5.73 Å². The monoisotopic (exact) mass is 279 g/mol. The van der Waals surface area contributed by atoms with E-state index in [1.54, 1.807) is 0 Å². The van der Waals surface area contributed by atoms with E-state index >= 15 is 0 Å². The Morgan fingerprint density at radius 3 is 2.20 bits per heavy atom. The van der Waals surface area contributed by atoms with Crippen molar-refractivity contribution in [1.82, 2.24) is 0 Å². The normalized spacial score (nSPS) is 11.7. The van der Waals surface area contributed by atoms with Gasteiger partial charge in [0.2, 0.25) is 0 Å². The van der Waals surface area contributed by atoms with Crippen molar-refractivity contribution in [2.75, 3.05) is 6.54 Å². The molecule has 2 aromatic rings. The van der Waals surface area contributed by atoms with E-state index < -0.39 is 11.7 Å². The van der Waals surface area contributed by atoms with Gasteiger partial charge in [-0.05, 0) is 54.3 Å². The Morgan fingerprint density at radius 1 is 1.00 bits per heavy atom. The number of nitrogens with two attached hydrogens (primary N) is 1. The van der Waals surface area contributed by atoms with Gasteiger partial charge in [-0.15, -0.1) is 0 Å². The van der Waals surface area contributed by atoms with Crippen LogP contribution in [0.2, 0.25) is 0 Å². The third kappa shape index (κ3) is 3.02. The van der Waals surface area contributed by atoms with Gasteiger partial charge in [-0.2, -0.15) is 13.2 Å². The van der Waals surface area contributed by atoms with E-state index in [-0.39, 0.29) is 0 Å². The zero-order valence-corrected chi connectivity index (χ0v) is 11.2. The van der Waals surface area contributed by atoms with Crippen LogP contribution < -0.4 is 5.73 Å². The summed E-state index contributed by atoms with van der Waals surface area (Å²) in [5.74, 6) is 0. The van der Waals surface area contributed by atoms with Gasteiger partial charge in [0, 0.05) is 0 Å². The number of benzene rings is 2. The predicted molar refractivity (Wildman–Crippen MR) is 74.4 cm³/mol. The van der Waals surface area contributed by atoms with Gasteiger partial charge in [0.15, 0.2) is 0 Å². The molecule has 0 radical (unpaired) electrons. The van der Waals surface area contributed by atoms with E-state index in [0.717, 1.165) is 34.4 Å². The van der Waals surface area contributed by atoms with Gasteiger partial charge in [-0.25, -0.2) is 0 Å². The Balaban J connectivity index is 2.44. The highest BCUT2D eigenvalue weighted by atomic mass is 19.4. The number of rotatable bonds is 3. The van der Waals surface area contributed by atoms with Crippen LogP contribution in [0.25, 0.3) is 11.1 Å². The third-order valence-corrected chi connectivity index (χ3v) is 3.33. The van der Waals surface area contributed by atoms with E-state index in [0.29, 0.717) is 13.0 Å². The molecule has 20 heavy (non-hydrogen) atoms. The van der Waals surface area contributed by atoms with Crippen molar-refractivity contribution in [2.45, 2.75) is 19.5 Å². The molecular formula is C16H16F3N. The summed E-state index contributed by atoms with van der Waals surface area (Å²) in [6.07, 6.45) is -3.59. The quantitative estimate of drug-likeness (QED) is 0.896. The average molecular weight is 279 g/mol. The lowest BCUT2D eigenvalue weighted by molar-refractivity contribution is -0.137. The van der Waals surface area contributed by atoms with Gasteiger partial charge in [0.05, 0.1) is 5.56 Å². The molecule has 4 heteroatoms. The Bertz CT molecular complexity index is 586. The summed E-state index contributed by atoms with van der Waals surface area (Å²) >= 11 is 0. The van der Waals surface area contributed by atoms with Crippen LogP contribution in [-0.2, 0) is 12.6 Å². The van der Waals surface area contributed by atoms with Crippen LogP contribution in [0, 0.1) is 6.92 Å². The van der Waals surface area contributed by atoms with Gasteiger partial charge in [0.25, 0.3) is 0 Å². The fraction of sp³-hybridized carbons (Fsp3) is 0.250. The van der Waals surface area contributed by atoms with Gasteiger partial charge >= 0.3 is 6.18 Å². The maximum absolute atomic E-state index is 12.6. The second-order valence-corrected chi connectivity index (χ2v) is 4.71. The molecule has 0 bridgehead atoms. The van der Waals surface area contributed by atoms with Crippen LogP contribution in [0.1, 0.15) is 16.7 Å². The van der Waals surface area contributed by atoms with Crippen LogP contribution in [0.3, 0.4) is 0 Å². The smallest absolute Gasteiger partial charge is 0.330 e. The van der Waals surface area contributed by atoms with Crippen molar-refractivity contribution in [3.05, 3.63) is 59.2 Å². The van der Waals surface area contributed by atoms with E-state index in [4.69, 9.17) is 5.73 Å². The average Bonchev–Trinajstić information content (AvgIpc) is 2.40. The van der Waals surface area contributed by atoms with Crippen molar-refractivity contribution >= 4 is 0 Å². The molecule has 0 heterocycles. The molecule has 0 aliphatic rings. The predicted octanol–water partition coefficient (Wildman–Crippen LogP) is 4.18. The molecule has 0 atom stereocenters. The first-order valence-corrected chi connectivity index (χ1v) is 6.39. The lowest BCUT2D eigenvalue weighted by atomic mass is 9.93. The first kappa shape index (κ1) is 14.6. The molecule has 2 rings (SSSR count). The second-order valence-electron chi connectivity index (χ2n) is 4.71. The Labute approximate surface area is 116 Å². The van der Waals surface area contributed by atoms with Crippen LogP contribution in [0.5, 0.6) is 0 Å². The third-order valence-electron chi connectivity index (χ3n) is 3.33. The summed E-state index contributed by atoms with van der Waals surface area (Å²) < 4.78 is 37.7. The molecule has 106 valence electrons. The Kier molecular flexibility index (Phi) is 4.14. The first-order valence-electron chi connectivity index (χ1n) is 6.39. The van der Waals surface area contributed by atoms with E-state index in [2.05, 4.69) is 0 Å². The van der Waals surface area contributed by atoms with Crippen LogP contribution >= 0.6 is 0 Å². The summed E-state index contributed by atoms with van der Waals surface area (Å²) in [6.45, 7) is 2.50. The maximum atomic E-state index is 12.6. The van der Waals surface area contributed by atoms with Crippen LogP contribution in [-0.4, -0.2) is 6.54 Å². The molecule has 2 N–H and O–H groups in total. The molecule has 2 aromatic carbocycles. The molecule has 0 aliphatic heterocycles. The van der Waals surface area contributed by atoms with E-state index in [1.807, 2.05) is 25.1 Å². The highest BCUT2D eigenvalue weighted by Crippen LogP contribution is 2.32. The molecule has 0 spiro atoms. The van der Waals surface area contributed by atoms with Crippen molar-refractivity contribution < 1.29 is 13.2 Å². The Hall–Kier alpha value is -1.81. The largest absolute Gasteiger partial charge is 0.416 e. The number of alkyl halides is 3. The molecule has 0 saturated carbocycles. The van der Waals surface area contributed by atoms with E-state index in [9.17, 15) is 13.2 Å². The lowest BCUT2D eigenvalue weighted by Crippen LogP contribution is -2.06. The number of halogens is 3.